The van der Waals surface area contributed by atoms with Crippen LogP contribution >= 0.6 is 0 Å². The van der Waals surface area contributed by atoms with Crippen LogP contribution in [-0.4, -0.2) is 49.7 Å². The van der Waals surface area contributed by atoms with Gasteiger partial charge in [0, 0.05) is 5.92 Å². The van der Waals surface area contributed by atoms with E-state index in [1.165, 1.54) is 10.6 Å². The molecule has 2 aromatic heterocycles. The van der Waals surface area contributed by atoms with E-state index in [1.807, 2.05) is 0 Å². The Labute approximate surface area is 124 Å². The molecule has 8 nitrogen and oxygen atoms in total. The number of aromatic nitrogens is 3. The van der Waals surface area contributed by atoms with Crippen LogP contribution in [0.5, 0.6) is 0 Å². The average molecular weight is 310 g/mol. The summed E-state index contributed by atoms with van der Waals surface area (Å²) in [6.07, 6.45) is -1.92. The first kappa shape index (κ1) is 14.7. The number of ether oxygens (including phenoxy) is 1. The molecule has 0 unspecified atom stereocenters. The van der Waals surface area contributed by atoms with Crippen molar-refractivity contribution in [3.8, 4) is 0 Å². The fourth-order valence-electron chi connectivity index (χ4n) is 2.77. The van der Waals surface area contributed by atoms with Crippen LogP contribution in [-0.2, 0) is 4.74 Å². The van der Waals surface area contributed by atoms with E-state index in [9.17, 15) is 19.4 Å². The number of nitrogens with two attached hydrogens (primary N) is 1. The van der Waals surface area contributed by atoms with E-state index < -0.39 is 30.3 Å². The van der Waals surface area contributed by atoms with Gasteiger partial charge in [-0.05, 0) is 6.07 Å². The minimum atomic E-state index is -1.40. The van der Waals surface area contributed by atoms with Gasteiger partial charge in [0.15, 0.2) is 5.82 Å². The Morgan fingerprint density at radius 1 is 1.59 bits per heavy atom. The van der Waals surface area contributed by atoms with E-state index in [0.29, 0.717) is 0 Å². The standard InChI is InChI=1S/C13H15FN4O4/c1-5-8(3-19)22-11(9(5)14)7-2-6(13(20)21)10-12(15)16-4-17-18(7)10/h2,4-5,8-9,11,19H,3H2,1H3,(H,20,21)(H2,15,16,17)/t5-,8-,9+,11+/m1/s1. The molecule has 2 aromatic rings. The second-order valence-corrected chi connectivity index (χ2v) is 5.27. The van der Waals surface area contributed by atoms with E-state index >= 15 is 0 Å². The molecule has 0 bridgehead atoms. The summed E-state index contributed by atoms with van der Waals surface area (Å²) in [6.45, 7) is 1.31. The molecule has 0 radical (unpaired) electrons. The Bertz CT molecular complexity index is 734. The molecule has 0 saturated carbocycles. The van der Waals surface area contributed by atoms with Gasteiger partial charge in [-0.2, -0.15) is 5.10 Å². The molecule has 0 amide bonds. The van der Waals surface area contributed by atoms with Gasteiger partial charge < -0.3 is 20.7 Å². The summed E-state index contributed by atoms with van der Waals surface area (Å²) in [5.41, 5.74) is 5.92. The highest BCUT2D eigenvalue weighted by Crippen LogP contribution is 2.40. The predicted molar refractivity (Wildman–Crippen MR) is 73.1 cm³/mol. The van der Waals surface area contributed by atoms with Crippen LogP contribution in [0.25, 0.3) is 5.52 Å². The van der Waals surface area contributed by atoms with Crippen molar-refractivity contribution in [3.63, 3.8) is 0 Å². The van der Waals surface area contributed by atoms with Crippen LogP contribution in [0.2, 0.25) is 0 Å². The Morgan fingerprint density at radius 2 is 2.32 bits per heavy atom. The first-order valence-corrected chi connectivity index (χ1v) is 6.71. The summed E-state index contributed by atoms with van der Waals surface area (Å²) in [5, 5.41) is 22.5. The lowest BCUT2D eigenvalue weighted by molar-refractivity contribution is -0.00713. The fourth-order valence-corrected chi connectivity index (χ4v) is 2.77. The van der Waals surface area contributed by atoms with Crippen molar-refractivity contribution in [3.05, 3.63) is 23.7 Å². The lowest BCUT2D eigenvalue weighted by Gasteiger charge is -2.13. The number of hydrogen-bond acceptors (Lipinski definition) is 6. The molecular formula is C13H15FN4O4. The number of aliphatic hydroxyl groups is 1. The molecular weight excluding hydrogens is 295 g/mol. The third-order valence-corrected chi connectivity index (χ3v) is 4.01. The molecule has 1 saturated heterocycles. The number of aliphatic hydroxyl groups excluding tert-OH is 1. The summed E-state index contributed by atoms with van der Waals surface area (Å²) in [5.74, 6) is -1.75. The highest BCUT2D eigenvalue weighted by atomic mass is 19.1. The molecule has 0 aliphatic carbocycles. The zero-order valence-corrected chi connectivity index (χ0v) is 11.7. The van der Waals surface area contributed by atoms with Crippen molar-refractivity contribution >= 4 is 17.3 Å². The maximum Gasteiger partial charge on any atom is 0.338 e. The fraction of sp³-hybridized carbons (Fsp3) is 0.462. The molecule has 9 heteroatoms. The monoisotopic (exact) mass is 310 g/mol. The summed E-state index contributed by atoms with van der Waals surface area (Å²) in [7, 11) is 0. The number of nitrogens with zero attached hydrogens (tertiary/aromatic N) is 3. The highest BCUT2D eigenvalue weighted by Gasteiger charge is 2.44. The molecule has 118 valence electrons. The maximum atomic E-state index is 14.5. The normalized spacial score (nSPS) is 28.3. The van der Waals surface area contributed by atoms with Gasteiger partial charge in [0.2, 0.25) is 0 Å². The van der Waals surface area contributed by atoms with Gasteiger partial charge in [-0.3, -0.25) is 0 Å². The van der Waals surface area contributed by atoms with Gasteiger partial charge in [0.1, 0.15) is 24.1 Å². The van der Waals surface area contributed by atoms with Crippen LogP contribution in [0.15, 0.2) is 12.4 Å². The third-order valence-electron chi connectivity index (χ3n) is 4.01. The SMILES string of the molecule is C[C@H]1[C@H](F)[C@H](c2cc(C(=O)O)c3c(N)ncnn23)O[C@@H]1CO. The molecule has 3 heterocycles. The number of fused-ring (bicyclic) bond motifs is 1. The lowest BCUT2D eigenvalue weighted by Crippen LogP contribution is -2.21. The lowest BCUT2D eigenvalue weighted by atomic mass is 9.99. The van der Waals surface area contributed by atoms with E-state index in [1.54, 1.807) is 6.92 Å². The quantitative estimate of drug-likeness (QED) is 0.750. The van der Waals surface area contributed by atoms with Crippen molar-refractivity contribution in [1.29, 1.82) is 0 Å². The molecule has 0 aromatic carbocycles. The number of carboxylic acids is 1. The van der Waals surface area contributed by atoms with Crippen molar-refractivity contribution in [2.45, 2.75) is 25.3 Å². The molecule has 1 aliphatic rings. The molecule has 4 N–H and O–H groups in total. The number of carboxylic acid groups (broad SMARTS) is 1. The van der Waals surface area contributed by atoms with Crippen molar-refractivity contribution < 1.29 is 24.1 Å². The van der Waals surface area contributed by atoms with Gasteiger partial charge in [0.05, 0.1) is 24.0 Å². The molecule has 4 atom stereocenters. The number of nitrogen functional groups attached to an aromatic ring is 1. The molecule has 22 heavy (non-hydrogen) atoms. The first-order chi connectivity index (χ1) is 10.5. The number of rotatable bonds is 3. The largest absolute Gasteiger partial charge is 0.478 e. The third kappa shape index (κ3) is 2.01. The van der Waals surface area contributed by atoms with Crippen molar-refractivity contribution in [2.24, 2.45) is 5.92 Å². The Hall–Kier alpha value is -2.26. The maximum absolute atomic E-state index is 14.5. The van der Waals surface area contributed by atoms with E-state index in [4.69, 9.17) is 10.5 Å². The number of halogens is 1. The van der Waals surface area contributed by atoms with Gasteiger partial charge in [-0.15, -0.1) is 0 Å². The zero-order chi connectivity index (χ0) is 16.0. The summed E-state index contributed by atoms with van der Waals surface area (Å²) in [4.78, 5) is 15.1. The minimum Gasteiger partial charge on any atom is -0.478 e. The van der Waals surface area contributed by atoms with Crippen molar-refractivity contribution in [1.82, 2.24) is 14.6 Å². The topological polar surface area (TPSA) is 123 Å². The molecule has 1 aliphatic heterocycles. The average Bonchev–Trinajstić information content (AvgIpc) is 3.00. The van der Waals surface area contributed by atoms with Crippen LogP contribution in [0.1, 0.15) is 29.1 Å². The Balaban J connectivity index is 2.16. The summed E-state index contributed by atoms with van der Waals surface area (Å²) < 4.78 is 21.2. The highest BCUT2D eigenvalue weighted by molar-refractivity contribution is 5.99. The van der Waals surface area contributed by atoms with Gasteiger partial charge >= 0.3 is 5.97 Å². The predicted octanol–water partition coefficient (Wildman–Crippen LogP) is 0.416. The zero-order valence-electron chi connectivity index (χ0n) is 11.7. The molecule has 0 spiro atoms. The number of alkyl halides is 1. The van der Waals surface area contributed by atoms with Gasteiger partial charge in [-0.25, -0.2) is 18.7 Å². The molecule has 1 fully saturated rings. The second-order valence-electron chi connectivity index (χ2n) is 5.27. The van der Waals surface area contributed by atoms with Crippen LogP contribution in [0.4, 0.5) is 10.2 Å². The number of aromatic carboxylic acids is 1. The number of hydrogen-bond donors (Lipinski definition) is 3. The van der Waals surface area contributed by atoms with Gasteiger partial charge in [-0.1, -0.05) is 6.92 Å². The number of anilines is 1. The summed E-state index contributed by atoms with van der Waals surface area (Å²) >= 11 is 0. The van der Waals surface area contributed by atoms with E-state index in [0.717, 1.165) is 6.33 Å². The smallest absolute Gasteiger partial charge is 0.338 e. The van der Waals surface area contributed by atoms with Crippen molar-refractivity contribution in [2.75, 3.05) is 12.3 Å². The van der Waals surface area contributed by atoms with E-state index in [2.05, 4.69) is 10.1 Å². The molecule has 3 rings (SSSR count). The summed E-state index contributed by atoms with van der Waals surface area (Å²) in [6, 6.07) is 1.28. The Morgan fingerprint density at radius 3 is 2.91 bits per heavy atom. The van der Waals surface area contributed by atoms with Crippen LogP contribution in [0.3, 0.4) is 0 Å². The second kappa shape index (κ2) is 5.18. The van der Waals surface area contributed by atoms with Gasteiger partial charge in [0.25, 0.3) is 0 Å². The van der Waals surface area contributed by atoms with Crippen LogP contribution < -0.4 is 5.73 Å². The number of carbonyl (C=O) groups is 1. The Kier molecular flexibility index (Phi) is 3.45. The first-order valence-electron chi connectivity index (χ1n) is 6.71. The van der Waals surface area contributed by atoms with E-state index in [-0.39, 0.29) is 29.2 Å². The minimum absolute atomic E-state index is 0.0150. The van der Waals surface area contributed by atoms with Crippen LogP contribution in [0, 0.1) is 5.92 Å².